The van der Waals surface area contributed by atoms with Gasteiger partial charge < -0.3 is 0 Å². The smallest absolute Gasteiger partial charge is 0.264 e. The van der Waals surface area contributed by atoms with Crippen molar-refractivity contribution in [2.45, 2.75) is 0 Å². The molecule has 4 aromatic heterocycles. The Bertz CT molecular complexity index is 4910. The zero-order chi connectivity index (χ0) is 51.6. The van der Waals surface area contributed by atoms with E-state index >= 15 is 0 Å². The minimum atomic E-state index is -0.0800. The SMILES string of the molecule is O=c1c2ccc(-c3ccc(-c4ccc(-c5ccc6c7c5cccc7c(=O)n5c6nc6cc(-c7ccccc7)cc(-c7ccccc7)c65)cc4)cc3)c3cccc(c32)c2nc3cc(-c4ccccc4)cc(-c4ccccc4)c3n12. The summed E-state index contributed by atoms with van der Waals surface area (Å²) in [5.74, 6) is 0. The fourth-order valence-corrected chi connectivity index (χ4v) is 12.4. The summed E-state index contributed by atoms with van der Waals surface area (Å²) in [6.45, 7) is 0. The number of aromatic nitrogens is 4. The summed E-state index contributed by atoms with van der Waals surface area (Å²) < 4.78 is 3.66. The molecule has 0 aliphatic heterocycles. The van der Waals surface area contributed by atoms with Crippen molar-refractivity contribution >= 4 is 76.5 Å². The highest BCUT2D eigenvalue weighted by Gasteiger charge is 2.24. The summed E-state index contributed by atoms with van der Waals surface area (Å²) in [7, 11) is 0. The maximum atomic E-state index is 14.9. The molecule has 0 radical (unpaired) electrons. The van der Waals surface area contributed by atoms with Gasteiger partial charge in [-0.1, -0.05) is 212 Å². The summed E-state index contributed by atoms with van der Waals surface area (Å²) in [5, 5.41) is 7.07. The molecule has 0 spiro atoms. The van der Waals surface area contributed by atoms with Gasteiger partial charge in [0.1, 0.15) is 11.3 Å². The number of nitrogens with zero attached hydrogens (tertiary/aromatic N) is 4. The van der Waals surface area contributed by atoms with Crippen molar-refractivity contribution in [3.05, 3.63) is 275 Å². The van der Waals surface area contributed by atoms with Crippen molar-refractivity contribution in [3.8, 4) is 77.9 Å². The van der Waals surface area contributed by atoms with Gasteiger partial charge in [-0.05, 0) is 120 Å². The van der Waals surface area contributed by atoms with Gasteiger partial charge in [0.05, 0.1) is 22.1 Å². The zero-order valence-electron chi connectivity index (χ0n) is 41.9. The van der Waals surface area contributed by atoms with Crippen LogP contribution in [0.3, 0.4) is 0 Å². The summed E-state index contributed by atoms with van der Waals surface area (Å²) >= 11 is 0. The first kappa shape index (κ1) is 43.8. The van der Waals surface area contributed by atoms with E-state index in [-0.39, 0.29) is 11.1 Å². The van der Waals surface area contributed by atoms with Gasteiger partial charge in [-0.25, -0.2) is 9.97 Å². The van der Waals surface area contributed by atoms with Crippen molar-refractivity contribution in [2.75, 3.05) is 0 Å². The van der Waals surface area contributed by atoms with Gasteiger partial charge in [-0.3, -0.25) is 18.4 Å². The highest BCUT2D eigenvalue weighted by atomic mass is 16.1. The van der Waals surface area contributed by atoms with Crippen LogP contribution < -0.4 is 11.1 Å². The lowest BCUT2D eigenvalue weighted by molar-refractivity contribution is 1.19. The lowest BCUT2D eigenvalue weighted by Gasteiger charge is -2.14. The van der Waals surface area contributed by atoms with E-state index in [0.717, 1.165) is 132 Å². The molecule has 0 aliphatic rings. The van der Waals surface area contributed by atoms with E-state index in [4.69, 9.17) is 9.97 Å². The molecule has 0 atom stereocenters. The van der Waals surface area contributed by atoms with Crippen LogP contribution in [-0.2, 0) is 0 Å². The largest absolute Gasteiger partial charge is 0.268 e. The van der Waals surface area contributed by atoms with Crippen LogP contribution in [0.15, 0.2) is 264 Å². The molecule has 0 saturated heterocycles. The number of benzene rings is 12. The third-order valence-electron chi connectivity index (χ3n) is 16.0. The highest BCUT2D eigenvalue weighted by Crippen LogP contribution is 2.42. The van der Waals surface area contributed by atoms with Gasteiger partial charge in [0.25, 0.3) is 11.1 Å². The molecule has 16 rings (SSSR count). The first-order chi connectivity index (χ1) is 38.5. The summed E-state index contributed by atoms with van der Waals surface area (Å²) in [5.41, 5.74) is 19.0. The Morgan fingerprint density at radius 3 is 1.00 bits per heavy atom. The second-order valence-electron chi connectivity index (χ2n) is 20.3. The standard InChI is InChI=1S/C72H42N4O2/c77-71-59-26-14-24-56-53(35-37-58(66(56)59)70-74-64-42-52(44-17-7-2-8-18-44)40-62(68(64)76(70)71)48-21-11-4-12-22-48)49-31-27-45(28-32-49)46-29-33-50(34-30-46)54-36-38-60-65-55(54)23-13-25-57(65)69-73-63-41-51(43-15-5-1-6-16-43)39-61(47-19-9-3-10-20-47)67(63)75(69)72(60)78/h1-42H. The van der Waals surface area contributed by atoms with E-state index in [1.165, 1.54) is 0 Å². The molecular formula is C72H42N4O2. The van der Waals surface area contributed by atoms with Crippen LogP contribution >= 0.6 is 0 Å². The van der Waals surface area contributed by atoms with Crippen molar-refractivity contribution in [1.29, 1.82) is 0 Å². The number of hydrogen-bond donors (Lipinski definition) is 0. The number of hydrogen-bond acceptors (Lipinski definition) is 4. The van der Waals surface area contributed by atoms with E-state index in [1.54, 1.807) is 0 Å². The summed E-state index contributed by atoms with van der Waals surface area (Å²) in [6.07, 6.45) is 0. The van der Waals surface area contributed by atoms with Crippen LogP contribution in [0.4, 0.5) is 0 Å². The van der Waals surface area contributed by atoms with Crippen LogP contribution in [0.5, 0.6) is 0 Å². The Balaban J connectivity index is 0.764. The minimum Gasteiger partial charge on any atom is -0.268 e. The molecule has 0 amide bonds. The number of rotatable bonds is 7. The third-order valence-corrected chi connectivity index (χ3v) is 16.0. The molecule has 78 heavy (non-hydrogen) atoms. The van der Waals surface area contributed by atoms with Crippen LogP contribution in [0, 0.1) is 0 Å². The van der Waals surface area contributed by atoms with Crippen LogP contribution in [0.1, 0.15) is 0 Å². The molecule has 4 heterocycles. The molecule has 12 aromatic carbocycles. The maximum absolute atomic E-state index is 14.9. The second kappa shape index (κ2) is 17.0. The number of fused-ring (bicyclic) bond motifs is 8. The molecule has 0 aliphatic carbocycles. The molecular weight excluding hydrogens is 953 g/mol. The van der Waals surface area contributed by atoms with E-state index in [1.807, 2.05) is 99.8 Å². The Hall–Kier alpha value is -10.6. The molecule has 0 fully saturated rings. The van der Waals surface area contributed by atoms with Crippen molar-refractivity contribution in [1.82, 2.24) is 18.8 Å². The lowest BCUT2D eigenvalue weighted by atomic mass is 9.92. The normalized spacial score (nSPS) is 11.9. The van der Waals surface area contributed by atoms with Gasteiger partial charge in [0.2, 0.25) is 0 Å². The van der Waals surface area contributed by atoms with E-state index in [2.05, 4.69) is 164 Å². The van der Waals surface area contributed by atoms with Crippen LogP contribution in [0.2, 0.25) is 0 Å². The number of pyridine rings is 2. The van der Waals surface area contributed by atoms with E-state index in [9.17, 15) is 9.59 Å². The van der Waals surface area contributed by atoms with Gasteiger partial charge in [0.15, 0.2) is 0 Å². The Morgan fingerprint density at radius 2 is 0.564 bits per heavy atom. The number of imidazole rings is 2. The Morgan fingerprint density at radius 1 is 0.244 bits per heavy atom. The fraction of sp³-hybridized carbons (Fsp3) is 0. The molecule has 6 heteroatoms. The predicted octanol–water partition coefficient (Wildman–Crippen LogP) is 17.2. The first-order valence-electron chi connectivity index (χ1n) is 26.3. The Kier molecular flexibility index (Phi) is 9.54. The van der Waals surface area contributed by atoms with Crippen molar-refractivity contribution in [3.63, 3.8) is 0 Å². The highest BCUT2D eigenvalue weighted by molar-refractivity contribution is 6.21. The lowest BCUT2D eigenvalue weighted by Crippen LogP contribution is -2.13. The topological polar surface area (TPSA) is 68.7 Å². The first-order valence-corrected chi connectivity index (χ1v) is 26.3. The van der Waals surface area contributed by atoms with Gasteiger partial charge in [0, 0.05) is 43.4 Å². The molecule has 0 unspecified atom stereocenters. The third kappa shape index (κ3) is 6.57. The molecule has 0 saturated carbocycles. The molecule has 0 N–H and O–H groups in total. The van der Waals surface area contributed by atoms with Gasteiger partial charge in [-0.15, -0.1) is 0 Å². The van der Waals surface area contributed by atoms with Gasteiger partial charge >= 0.3 is 0 Å². The van der Waals surface area contributed by atoms with Gasteiger partial charge in [-0.2, -0.15) is 0 Å². The van der Waals surface area contributed by atoms with E-state index < -0.39 is 0 Å². The molecule has 0 bridgehead atoms. The minimum absolute atomic E-state index is 0.0800. The van der Waals surface area contributed by atoms with E-state index in [0.29, 0.717) is 22.1 Å². The van der Waals surface area contributed by atoms with Crippen molar-refractivity contribution < 1.29 is 0 Å². The quantitative estimate of drug-likeness (QED) is 0.160. The van der Waals surface area contributed by atoms with Crippen LogP contribution in [-0.4, -0.2) is 18.8 Å². The molecule has 6 nitrogen and oxygen atoms in total. The maximum Gasteiger partial charge on any atom is 0.264 e. The molecule has 362 valence electrons. The average molecular weight is 995 g/mol. The summed E-state index contributed by atoms with van der Waals surface area (Å²) in [4.78, 5) is 40.3. The average Bonchev–Trinajstić information content (AvgIpc) is 4.21. The predicted molar refractivity (Wildman–Crippen MR) is 322 cm³/mol. The van der Waals surface area contributed by atoms with Crippen LogP contribution in [0.25, 0.3) is 154 Å². The second-order valence-corrected chi connectivity index (χ2v) is 20.3. The molecule has 16 aromatic rings. The monoisotopic (exact) mass is 994 g/mol. The summed E-state index contributed by atoms with van der Waals surface area (Å²) in [6, 6.07) is 88.0. The Labute approximate surface area is 446 Å². The zero-order valence-corrected chi connectivity index (χ0v) is 41.9. The fourth-order valence-electron chi connectivity index (χ4n) is 12.4. The van der Waals surface area contributed by atoms with Crippen molar-refractivity contribution in [2.24, 2.45) is 0 Å².